The Balaban J connectivity index is 1.39. The molecule has 1 aromatic heterocycles. The molecule has 1 aromatic carbocycles. The summed E-state index contributed by atoms with van der Waals surface area (Å²) in [5.41, 5.74) is 6.43. The summed E-state index contributed by atoms with van der Waals surface area (Å²) in [6.45, 7) is 8.69. The van der Waals surface area contributed by atoms with Crippen LogP contribution in [-0.2, 0) is 17.9 Å². The van der Waals surface area contributed by atoms with Gasteiger partial charge < -0.3 is 14.8 Å². The van der Waals surface area contributed by atoms with Gasteiger partial charge in [0.15, 0.2) is 0 Å². The van der Waals surface area contributed by atoms with Crippen molar-refractivity contribution < 1.29 is 4.79 Å². The molecular formula is C27H36N4O. The number of nitrogens with zero attached hydrogens (tertiary/aromatic N) is 3. The molecule has 170 valence electrons. The van der Waals surface area contributed by atoms with Gasteiger partial charge in [0, 0.05) is 25.8 Å². The standard InChI is InChI=1S/C27H36N4O/c1-4-7-24-22(5-2)8-6-9-26(24)31-15-14-25(27(31)32)29-17-23-16-28-19-30(23)18-21-12-10-20(3)11-13-21/h5,7,10-13,16,19,25-26,29H,4,6,8-9,14-15,17-18H2,1-3H3. The van der Waals surface area contributed by atoms with E-state index < -0.39 is 0 Å². The largest absolute Gasteiger partial charge is 0.334 e. The lowest BCUT2D eigenvalue weighted by molar-refractivity contribution is -0.131. The number of carbonyl (C=O) groups excluding carboxylic acids is 1. The Bertz CT molecular complexity index is 985. The van der Waals surface area contributed by atoms with E-state index in [2.05, 4.69) is 77.0 Å². The average Bonchev–Trinajstić information content (AvgIpc) is 3.40. The van der Waals surface area contributed by atoms with Crippen molar-refractivity contribution in [1.82, 2.24) is 19.8 Å². The van der Waals surface area contributed by atoms with Crippen LogP contribution in [0.5, 0.6) is 0 Å². The lowest BCUT2D eigenvalue weighted by Crippen LogP contribution is -2.44. The molecule has 1 saturated heterocycles. The molecule has 1 aliphatic carbocycles. The van der Waals surface area contributed by atoms with Crippen LogP contribution in [-0.4, -0.2) is 39.0 Å². The van der Waals surface area contributed by atoms with E-state index in [1.54, 1.807) is 0 Å². The van der Waals surface area contributed by atoms with Crippen molar-refractivity contribution in [2.45, 2.75) is 78.0 Å². The molecule has 2 unspecified atom stereocenters. The maximum absolute atomic E-state index is 13.3. The van der Waals surface area contributed by atoms with Crippen molar-refractivity contribution in [3.8, 4) is 0 Å². The van der Waals surface area contributed by atoms with E-state index in [1.165, 1.54) is 22.3 Å². The molecular weight excluding hydrogens is 396 g/mol. The fourth-order valence-electron chi connectivity index (χ4n) is 5.08. The Labute approximate surface area is 192 Å². The third-order valence-electron chi connectivity index (χ3n) is 6.84. The summed E-state index contributed by atoms with van der Waals surface area (Å²) in [6.07, 6.45) is 13.6. The Kier molecular flexibility index (Phi) is 7.26. The van der Waals surface area contributed by atoms with E-state index >= 15 is 0 Å². The molecule has 1 aliphatic heterocycles. The highest BCUT2D eigenvalue weighted by Crippen LogP contribution is 2.34. The van der Waals surface area contributed by atoms with Crippen molar-refractivity contribution in [2.24, 2.45) is 0 Å². The van der Waals surface area contributed by atoms with Crippen LogP contribution in [0.1, 0.15) is 62.8 Å². The SMILES string of the molecule is CC=C1CCCC(N2CCC(NCc3cncn3Cc3ccc(C)cc3)C2=O)C1=CCC. The van der Waals surface area contributed by atoms with Crippen molar-refractivity contribution in [3.63, 3.8) is 0 Å². The van der Waals surface area contributed by atoms with E-state index in [4.69, 9.17) is 0 Å². The molecule has 2 fully saturated rings. The molecule has 2 atom stereocenters. The molecule has 0 bridgehead atoms. The molecule has 5 heteroatoms. The van der Waals surface area contributed by atoms with E-state index in [0.717, 1.165) is 50.9 Å². The molecule has 32 heavy (non-hydrogen) atoms. The number of allylic oxidation sites excluding steroid dienone is 2. The van der Waals surface area contributed by atoms with Gasteiger partial charge in [0.2, 0.25) is 5.91 Å². The zero-order valence-electron chi connectivity index (χ0n) is 19.7. The number of imidazole rings is 1. The van der Waals surface area contributed by atoms with Gasteiger partial charge in [-0.1, -0.05) is 48.9 Å². The van der Waals surface area contributed by atoms with Crippen LogP contribution in [0.25, 0.3) is 0 Å². The van der Waals surface area contributed by atoms with E-state index in [1.807, 2.05) is 12.5 Å². The number of aromatic nitrogens is 2. The van der Waals surface area contributed by atoms with Crippen LogP contribution >= 0.6 is 0 Å². The highest BCUT2D eigenvalue weighted by Gasteiger charge is 2.38. The minimum Gasteiger partial charge on any atom is -0.334 e. The molecule has 1 saturated carbocycles. The van der Waals surface area contributed by atoms with Gasteiger partial charge in [0.1, 0.15) is 0 Å². The summed E-state index contributed by atoms with van der Waals surface area (Å²) in [6, 6.07) is 8.73. The number of aryl methyl sites for hydroxylation is 1. The number of hydrogen-bond acceptors (Lipinski definition) is 3. The van der Waals surface area contributed by atoms with Crippen LogP contribution < -0.4 is 5.32 Å². The van der Waals surface area contributed by atoms with E-state index in [9.17, 15) is 4.79 Å². The van der Waals surface area contributed by atoms with Crippen LogP contribution in [0.4, 0.5) is 0 Å². The molecule has 0 spiro atoms. The van der Waals surface area contributed by atoms with Gasteiger partial charge >= 0.3 is 0 Å². The van der Waals surface area contributed by atoms with Gasteiger partial charge in [0.05, 0.1) is 24.1 Å². The predicted molar refractivity (Wildman–Crippen MR) is 129 cm³/mol. The molecule has 2 heterocycles. The number of hydrogen-bond donors (Lipinski definition) is 1. The van der Waals surface area contributed by atoms with E-state index in [0.29, 0.717) is 6.54 Å². The van der Waals surface area contributed by atoms with Crippen molar-refractivity contribution in [2.75, 3.05) is 6.54 Å². The lowest BCUT2D eigenvalue weighted by Gasteiger charge is -2.35. The second kappa shape index (κ2) is 10.3. The highest BCUT2D eigenvalue weighted by molar-refractivity contribution is 5.84. The Hall–Kier alpha value is -2.66. The summed E-state index contributed by atoms with van der Waals surface area (Å²) in [4.78, 5) is 19.8. The lowest BCUT2D eigenvalue weighted by atomic mass is 9.84. The van der Waals surface area contributed by atoms with Gasteiger partial charge in [-0.3, -0.25) is 4.79 Å². The third-order valence-corrected chi connectivity index (χ3v) is 6.84. The summed E-state index contributed by atoms with van der Waals surface area (Å²) in [5.74, 6) is 0.249. The fraction of sp³-hybridized carbons (Fsp3) is 0.481. The minimum atomic E-state index is -0.114. The fourth-order valence-corrected chi connectivity index (χ4v) is 5.08. The van der Waals surface area contributed by atoms with Crippen LogP contribution in [0.3, 0.4) is 0 Å². The third kappa shape index (κ3) is 4.88. The number of rotatable bonds is 7. The van der Waals surface area contributed by atoms with Gasteiger partial charge in [0.25, 0.3) is 0 Å². The van der Waals surface area contributed by atoms with Crippen molar-refractivity contribution >= 4 is 5.91 Å². The Morgan fingerprint density at radius 1 is 1.22 bits per heavy atom. The predicted octanol–water partition coefficient (Wildman–Crippen LogP) is 4.77. The molecule has 1 amide bonds. The van der Waals surface area contributed by atoms with Crippen LogP contribution in [0, 0.1) is 6.92 Å². The summed E-state index contributed by atoms with van der Waals surface area (Å²) >= 11 is 0. The number of amides is 1. The summed E-state index contributed by atoms with van der Waals surface area (Å²) in [5, 5.41) is 3.52. The summed E-state index contributed by atoms with van der Waals surface area (Å²) < 4.78 is 2.16. The maximum atomic E-state index is 13.3. The maximum Gasteiger partial charge on any atom is 0.240 e. The van der Waals surface area contributed by atoms with E-state index in [-0.39, 0.29) is 18.0 Å². The topological polar surface area (TPSA) is 50.2 Å². The first-order chi connectivity index (χ1) is 15.6. The second-order valence-electron chi connectivity index (χ2n) is 9.04. The first kappa shape index (κ1) is 22.5. The number of nitrogens with one attached hydrogen (secondary N) is 1. The molecule has 0 radical (unpaired) electrons. The van der Waals surface area contributed by atoms with Crippen LogP contribution in [0.2, 0.25) is 0 Å². The van der Waals surface area contributed by atoms with Crippen molar-refractivity contribution in [3.05, 3.63) is 76.9 Å². The minimum absolute atomic E-state index is 0.114. The number of benzene rings is 1. The molecule has 2 aromatic rings. The zero-order valence-corrected chi connectivity index (χ0v) is 19.7. The van der Waals surface area contributed by atoms with Crippen molar-refractivity contribution in [1.29, 1.82) is 0 Å². The monoisotopic (exact) mass is 432 g/mol. The number of likely N-dealkylation sites (tertiary alicyclic amines) is 1. The van der Waals surface area contributed by atoms with Gasteiger partial charge in [-0.15, -0.1) is 0 Å². The molecule has 2 aliphatic rings. The first-order valence-electron chi connectivity index (χ1n) is 12.0. The van der Waals surface area contributed by atoms with Gasteiger partial charge in [-0.05, 0) is 62.7 Å². The highest BCUT2D eigenvalue weighted by atomic mass is 16.2. The Morgan fingerprint density at radius 2 is 2.03 bits per heavy atom. The van der Waals surface area contributed by atoms with Gasteiger partial charge in [-0.25, -0.2) is 4.98 Å². The average molecular weight is 433 g/mol. The van der Waals surface area contributed by atoms with Gasteiger partial charge in [-0.2, -0.15) is 0 Å². The first-order valence-corrected chi connectivity index (χ1v) is 12.0. The smallest absolute Gasteiger partial charge is 0.240 e. The quantitative estimate of drug-likeness (QED) is 0.686. The normalized spacial score (nSPS) is 24.1. The number of carbonyl (C=O) groups is 1. The molecule has 1 N–H and O–H groups in total. The van der Waals surface area contributed by atoms with Crippen LogP contribution in [0.15, 0.2) is 60.1 Å². The second-order valence-corrected chi connectivity index (χ2v) is 9.04. The molecule has 4 rings (SSSR count). The zero-order chi connectivity index (χ0) is 22.5. The summed E-state index contributed by atoms with van der Waals surface area (Å²) in [7, 11) is 0. The molecule has 5 nitrogen and oxygen atoms in total. The Morgan fingerprint density at radius 3 is 2.78 bits per heavy atom.